The van der Waals surface area contributed by atoms with Crippen LogP contribution in [0, 0.1) is 0 Å². The third-order valence-electron chi connectivity index (χ3n) is 5.28. The van der Waals surface area contributed by atoms with E-state index in [2.05, 4.69) is 25.5 Å². The highest BCUT2D eigenvalue weighted by molar-refractivity contribution is 5.93. The van der Waals surface area contributed by atoms with Crippen molar-refractivity contribution in [3.05, 3.63) is 95.3 Å². The van der Waals surface area contributed by atoms with E-state index < -0.39 is 0 Å². The van der Waals surface area contributed by atoms with Crippen molar-refractivity contribution in [1.29, 1.82) is 0 Å². The van der Waals surface area contributed by atoms with E-state index in [-0.39, 0.29) is 5.56 Å². The molecule has 0 unspecified atom stereocenters. The van der Waals surface area contributed by atoms with Crippen LogP contribution in [0.4, 0.5) is 11.6 Å². The predicted octanol–water partition coefficient (Wildman–Crippen LogP) is 4.53. The van der Waals surface area contributed by atoms with Crippen LogP contribution in [0.25, 0.3) is 38.8 Å². The Labute approximate surface area is 176 Å². The highest BCUT2D eigenvalue weighted by atomic mass is 16.1. The van der Waals surface area contributed by atoms with Gasteiger partial charge in [-0.3, -0.25) is 9.89 Å². The minimum Gasteiger partial charge on any atom is -0.323 e. The summed E-state index contributed by atoms with van der Waals surface area (Å²) >= 11 is 0. The number of H-pyrrole nitrogens is 1. The zero-order valence-corrected chi connectivity index (χ0v) is 16.3. The maximum atomic E-state index is 13.2. The summed E-state index contributed by atoms with van der Waals surface area (Å²) in [6.07, 6.45) is 0. The van der Waals surface area contributed by atoms with E-state index in [0.29, 0.717) is 28.3 Å². The lowest BCUT2D eigenvalue weighted by atomic mass is 10.1. The summed E-state index contributed by atoms with van der Waals surface area (Å²) in [7, 11) is 0. The molecule has 0 aliphatic heterocycles. The second-order valence-corrected chi connectivity index (χ2v) is 7.20. The maximum absolute atomic E-state index is 13.2. The number of aromatic amines is 1. The first-order valence-electron chi connectivity index (χ1n) is 9.86. The van der Waals surface area contributed by atoms with E-state index in [1.54, 1.807) is 10.5 Å². The van der Waals surface area contributed by atoms with E-state index in [4.69, 9.17) is 0 Å². The third kappa shape index (κ3) is 2.83. The van der Waals surface area contributed by atoms with Crippen molar-refractivity contribution >= 4 is 39.2 Å². The average Bonchev–Trinajstić information content (AvgIpc) is 3.28. The molecule has 6 aromatic rings. The van der Waals surface area contributed by atoms with Gasteiger partial charge in [-0.15, -0.1) is 0 Å². The first kappa shape index (κ1) is 17.3. The van der Waals surface area contributed by atoms with Gasteiger partial charge in [-0.1, -0.05) is 54.6 Å². The molecule has 3 heterocycles. The molecule has 31 heavy (non-hydrogen) atoms. The lowest BCUT2D eigenvalue weighted by Crippen LogP contribution is -2.17. The fraction of sp³-hybridized carbons (Fsp3) is 0. The summed E-state index contributed by atoms with van der Waals surface area (Å²) in [5.74, 6) is 1.55. The molecule has 0 aliphatic carbocycles. The van der Waals surface area contributed by atoms with Gasteiger partial charge in [0, 0.05) is 11.5 Å². The van der Waals surface area contributed by atoms with Gasteiger partial charge < -0.3 is 5.32 Å². The SMILES string of the molecule is O=c1c2ccccc2nc2nc(Nc3cc(-c4ccccc4)[nH]n3)c3ccccc3n12. The molecule has 7 nitrogen and oxygen atoms in total. The number of rotatable bonds is 3. The van der Waals surface area contributed by atoms with E-state index >= 15 is 0 Å². The van der Waals surface area contributed by atoms with Gasteiger partial charge in [-0.25, -0.2) is 9.38 Å². The normalized spacial score (nSPS) is 11.4. The first-order valence-corrected chi connectivity index (χ1v) is 9.86. The minimum absolute atomic E-state index is 0.137. The van der Waals surface area contributed by atoms with Crippen LogP contribution in [0.5, 0.6) is 0 Å². The fourth-order valence-electron chi connectivity index (χ4n) is 3.81. The van der Waals surface area contributed by atoms with E-state index in [9.17, 15) is 4.79 Å². The molecule has 6 rings (SSSR count). The first-order chi connectivity index (χ1) is 15.3. The largest absolute Gasteiger partial charge is 0.323 e. The Bertz CT molecular complexity index is 1640. The van der Waals surface area contributed by atoms with Gasteiger partial charge in [-0.05, 0) is 29.8 Å². The van der Waals surface area contributed by atoms with Crippen LogP contribution in [0.15, 0.2) is 89.7 Å². The average molecular weight is 404 g/mol. The summed E-state index contributed by atoms with van der Waals surface area (Å²) in [5, 5.41) is 12.1. The van der Waals surface area contributed by atoms with Gasteiger partial charge >= 0.3 is 0 Å². The summed E-state index contributed by atoms with van der Waals surface area (Å²) in [5.41, 5.74) is 3.15. The van der Waals surface area contributed by atoms with Crippen molar-refractivity contribution in [3.63, 3.8) is 0 Å². The number of para-hydroxylation sites is 2. The molecule has 0 saturated heterocycles. The van der Waals surface area contributed by atoms with Gasteiger partial charge in [0.25, 0.3) is 5.56 Å². The molecule has 0 bridgehead atoms. The fourth-order valence-corrected chi connectivity index (χ4v) is 3.81. The molecule has 0 aliphatic rings. The van der Waals surface area contributed by atoms with Gasteiger partial charge in [0.2, 0.25) is 5.78 Å². The van der Waals surface area contributed by atoms with Crippen LogP contribution in [-0.2, 0) is 0 Å². The minimum atomic E-state index is -0.137. The maximum Gasteiger partial charge on any atom is 0.267 e. The third-order valence-corrected chi connectivity index (χ3v) is 5.28. The molecule has 0 saturated carbocycles. The molecule has 2 N–H and O–H groups in total. The topological polar surface area (TPSA) is 88.0 Å². The molecule has 0 amide bonds. The van der Waals surface area contributed by atoms with Crippen LogP contribution in [0.2, 0.25) is 0 Å². The zero-order valence-electron chi connectivity index (χ0n) is 16.3. The smallest absolute Gasteiger partial charge is 0.267 e. The zero-order chi connectivity index (χ0) is 20.8. The van der Waals surface area contributed by atoms with E-state index in [0.717, 1.165) is 22.2 Å². The Morgan fingerprint density at radius 2 is 1.55 bits per heavy atom. The summed E-state index contributed by atoms with van der Waals surface area (Å²) in [6, 6.07) is 26.8. The molecule has 0 radical (unpaired) electrons. The Morgan fingerprint density at radius 3 is 2.42 bits per heavy atom. The standard InChI is InChI=1S/C24H16N6O/c31-23-16-10-4-6-12-18(16)25-24-27-22(17-11-5-7-13-20(17)30(23)24)26-21-14-19(28-29-21)15-8-2-1-3-9-15/h1-14H,(H2,25,26,27,28,29). The van der Waals surface area contributed by atoms with E-state index in [1.165, 1.54) is 0 Å². The number of anilines is 2. The molecule has 148 valence electrons. The molecule has 3 aromatic carbocycles. The molecule has 0 atom stereocenters. The quantitative estimate of drug-likeness (QED) is 0.334. The number of aromatic nitrogens is 5. The number of nitrogens with one attached hydrogen (secondary N) is 2. The van der Waals surface area contributed by atoms with Gasteiger partial charge in [-0.2, -0.15) is 10.1 Å². The van der Waals surface area contributed by atoms with Crippen LogP contribution < -0.4 is 10.9 Å². The Balaban J connectivity index is 1.54. The number of nitrogens with zero attached hydrogens (tertiary/aromatic N) is 4. The predicted molar refractivity (Wildman–Crippen MR) is 122 cm³/mol. The van der Waals surface area contributed by atoms with Crippen molar-refractivity contribution in [1.82, 2.24) is 24.6 Å². The van der Waals surface area contributed by atoms with Crippen LogP contribution in [0.3, 0.4) is 0 Å². The molecule has 7 heteroatoms. The highest BCUT2D eigenvalue weighted by Gasteiger charge is 2.14. The number of hydrogen-bond acceptors (Lipinski definition) is 5. The van der Waals surface area contributed by atoms with Crippen LogP contribution in [0.1, 0.15) is 0 Å². The lowest BCUT2D eigenvalue weighted by molar-refractivity contribution is 1.06. The Kier molecular flexibility index (Phi) is 3.79. The monoisotopic (exact) mass is 404 g/mol. The van der Waals surface area contributed by atoms with Gasteiger partial charge in [0.15, 0.2) is 5.82 Å². The summed E-state index contributed by atoms with van der Waals surface area (Å²) in [4.78, 5) is 22.5. The number of hydrogen-bond donors (Lipinski definition) is 2. The number of benzene rings is 3. The molecular formula is C24H16N6O. The summed E-state index contributed by atoms with van der Waals surface area (Å²) < 4.78 is 1.56. The van der Waals surface area contributed by atoms with Crippen LogP contribution in [-0.4, -0.2) is 24.6 Å². The van der Waals surface area contributed by atoms with Crippen molar-refractivity contribution in [2.45, 2.75) is 0 Å². The lowest BCUT2D eigenvalue weighted by Gasteiger charge is -2.11. The van der Waals surface area contributed by atoms with Gasteiger partial charge in [0.1, 0.15) is 5.82 Å². The second kappa shape index (κ2) is 6.77. The van der Waals surface area contributed by atoms with Crippen molar-refractivity contribution < 1.29 is 0 Å². The van der Waals surface area contributed by atoms with Crippen molar-refractivity contribution in [2.75, 3.05) is 5.32 Å². The van der Waals surface area contributed by atoms with Crippen LogP contribution >= 0.6 is 0 Å². The van der Waals surface area contributed by atoms with Gasteiger partial charge in [0.05, 0.1) is 22.1 Å². The molecule has 0 spiro atoms. The number of fused-ring (bicyclic) bond motifs is 4. The Hall–Kier alpha value is -4.52. The Morgan fingerprint density at radius 1 is 0.806 bits per heavy atom. The highest BCUT2D eigenvalue weighted by Crippen LogP contribution is 2.26. The summed E-state index contributed by atoms with van der Waals surface area (Å²) in [6.45, 7) is 0. The van der Waals surface area contributed by atoms with Crippen molar-refractivity contribution in [3.8, 4) is 11.3 Å². The molecular weight excluding hydrogens is 388 g/mol. The second-order valence-electron chi connectivity index (χ2n) is 7.20. The van der Waals surface area contributed by atoms with Crippen molar-refractivity contribution in [2.24, 2.45) is 0 Å². The molecule has 3 aromatic heterocycles. The molecule has 0 fully saturated rings. The van der Waals surface area contributed by atoms with E-state index in [1.807, 2.05) is 78.9 Å².